The number of amides is 1. The lowest BCUT2D eigenvalue weighted by molar-refractivity contribution is -0.122. The van der Waals surface area contributed by atoms with Gasteiger partial charge in [-0.05, 0) is 43.4 Å². The van der Waals surface area contributed by atoms with Gasteiger partial charge in [-0.3, -0.25) is 4.79 Å². The maximum Gasteiger partial charge on any atom is 0.243 e. The molecule has 0 aromatic heterocycles. The van der Waals surface area contributed by atoms with E-state index in [4.69, 9.17) is 5.73 Å². The Morgan fingerprint density at radius 1 is 1.19 bits per heavy atom. The molecule has 146 valence electrons. The molecule has 0 spiro atoms. The first-order chi connectivity index (χ1) is 12.2. The van der Waals surface area contributed by atoms with Crippen molar-refractivity contribution < 1.29 is 13.2 Å². The third-order valence-electron chi connectivity index (χ3n) is 5.36. The van der Waals surface area contributed by atoms with Crippen molar-refractivity contribution >= 4 is 15.9 Å². The van der Waals surface area contributed by atoms with E-state index in [1.54, 1.807) is 28.6 Å². The first-order valence-electron chi connectivity index (χ1n) is 9.29. The predicted molar refractivity (Wildman–Crippen MR) is 103 cm³/mol. The van der Waals surface area contributed by atoms with Crippen LogP contribution in [0.15, 0.2) is 29.2 Å². The normalized spacial score (nSPS) is 18.5. The summed E-state index contributed by atoms with van der Waals surface area (Å²) < 4.78 is 26.9. The van der Waals surface area contributed by atoms with Crippen molar-refractivity contribution in [2.24, 2.45) is 11.7 Å². The molecule has 1 aliphatic rings. The first-order valence-corrected chi connectivity index (χ1v) is 10.7. The highest BCUT2D eigenvalue weighted by atomic mass is 32.2. The molecule has 7 heteroatoms. The van der Waals surface area contributed by atoms with Crippen LogP contribution in [0.3, 0.4) is 0 Å². The molecule has 0 radical (unpaired) electrons. The van der Waals surface area contributed by atoms with Gasteiger partial charge in [-0.1, -0.05) is 32.4 Å². The molecule has 1 aromatic carbocycles. The fourth-order valence-corrected chi connectivity index (χ4v) is 4.53. The standard InChI is InChI=1S/C19H31N3O3S/c1-15(2)19(3,14-20)21-18(23)13-16-7-9-17(10-8-16)26(24,25)22-11-5-4-6-12-22/h7-10,15H,4-6,11-14,20H2,1-3H3,(H,21,23). The number of sulfonamides is 1. The summed E-state index contributed by atoms with van der Waals surface area (Å²) in [5.74, 6) is 0.104. The van der Waals surface area contributed by atoms with Crippen molar-refractivity contribution in [2.75, 3.05) is 19.6 Å². The Kier molecular flexibility index (Phi) is 6.82. The number of nitrogens with one attached hydrogen (secondary N) is 1. The van der Waals surface area contributed by atoms with Crippen LogP contribution < -0.4 is 11.1 Å². The van der Waals surface area contributed by atoms with Crippen LogP contribution in [-0.4, -0.2) is 43.8 Å². The number of rotatable bonds is 7. The molecule has 0 aliphatic carbocycles. The summed E-state index contributed by atoms with van der Waals surface area (Å²) in [7, 11) is -3.44. The Labute approximate surface area is 157 Å². The first kappa shape index (κ1) is 20.9. The molecule has 26 heavy (non-hydrogen) atoms. The van der Waals surface area contributed by atoms with Crippen molar-refractivity contribution in [3.63, 3.8) is 0 Å². The van der Waals surface area contributed by atoms with E-state index in [9.17, 15) is 13.2 Å². The van der Waals surface area contributed by atoms with Gasteiger partial charge in [0.15, 0.2) is 0 Å². The molecular formula is C19H31N3O3S. The van der Waals surface area contributed by atoms with Crippen LogP contribution in [0.4, 0.5) is 0 Å². The van der Waals surface area contributed by atoms with Crippen LogP contribution >= 0.6 is 0 Å². The second-order valence-corrected chi connectivity index (χ2v) is 9.55. The molecule has 1 saturated heterocycles. The Morgan fingerprint density at radius 3 is 2.27 bits per heavy atom. The molecule has 3 N–H and O–H groups in total. The van der Waals surface area contributed by atoms with E-state index in [0.717, 1.165) is 24.8 Å². The number of carbonyl (C=O) groups excluding carboxylic acids is 1. The molecule has 1 unspecified atom stereocenters. The topological polar surface area (TPSA) is 92.5 Å². The van der Waals surface area contributed by atoms with Crippen LogP contribution in [0.2, 0.25) is 0 Å². The monoisotopic (exact) mass is 381 g/mol. The van der Waals surface area contributed by atoms with E-state index in [1.807, 2.05) is 20.8 Å². The number of benzene rings is 1. The highest BCUT2D eigenvalue weighted by Crippen LogP contribution is 2.21. The summed E-state index contributed by atoms with van der Waals surface area (Å²) in [5.41, 5.74) is 6.13. The average molecular weight is 382 g/mol. The zero-order chi connectivity index (χ0) is 19.4. The van der Waals surface area contributed by atoms with Gasteiger partial charge in [0.2, 0.25) is 15.9 Å². The van der Waals surface area contributed by atoms with Gasteiger partial charge in [0, 0.05) is 19.6 Å². The van der Waals surface area contributed by atoms with Crippen LogP contribution in [0.25, 0.3) is 0 Å². The van der Waals surface area contributed by atoms with Gasteiger partial charge in [0.25, 0.3) is 0 Å². The second kappa shape index (κ2) is 8.50. The van der Waals surface area contributed by atoms with Crippen LogP contribution in [0.5, 0.6) is 0 Å². The van der Waals surface area contributed by atoms with E-state index in [-0.39, 0.29) is 23.1 Å². The third kappa shape index (κ3) is 4.84. The number of hydrogen-bond acceptors (Lipinski definition) is 4. The Hall–Kier alpha value is -1.44. The van der Waals surface area contributed by atoms with E-state index >= 15 is 0 Å². The van der Waals surface area contributed by atoms with Crippen LogP contribution in [0.1, 0.15) is 45.6 Å². The number of carbonyl (C=O) groups is 1. The van der Waals surface area contributed by atoms with Crippen molar-refractivity contribution in [3.05, 3.63) is 29.8 Å². The average Bonchev–Trinajstić information content (AvgIpc) is 2.62. The maximum atomic E-state index is 12.7. The summed E-state index contributed by atoms with van der Waals surface area (Å²) in [6.07, 6.45) is 3.10. The van der Waals surface area contributed by atoms with Crippen molar-refractivity contribution in [1.82, 2.24) is 9.62 Å². The van der Waals surface area contributed by atoms with Crippen molar-refractivity contribution in [1.29, 1.82) is 0 Å². The Morgan fingerprint density at radius 2 is 1.77 bits per heavy atom. The molecule has 1 aromatic rings. The summed E-state index contributed by atoms with van der Waals surface area (Å²) in [6, 6.07) is 6.62. The van der Waals surface area contributed by atoms with Crippen molar-refractivity contribution in [3.8, 4) is 0 Å². The van der Waals surface area contributed by atoms with Gasteiger partial charge in [-0.2, -0.15) is 4.31 Å². The minimum Gasteiger partial charge on any atom is -0.349 e. The number of piperidine rings is 1. The number of hydrogen-bond donors (Lipinski definition) is 2. The fourth-order valence-electron chi connectivity index (χ4n) is 3.01. The minimum atomic E-state index is -3.44. The zero-order valence-electron chi connectivity index (χ0n) is 16.0. The smallest absolute Gasteiger partial charge is 0.243 e. The summed E-state index contributed by atoms with van der Waals surface area (Å²) in [6.45, 7) is 7.51. The van der Waals surface area contributed by atoms with Gasteiger partial charge in [-0.25, -0.2) is 8.42 Å². The zero-order valence-corrected chi connectivity index (χ0v) is 16.8. The van der Waals surface area contributed by atoms with E-state index in [0.29, 0.717) is 19.6 Å². The number of nitrogens with two attached hydrogens (primary N) is 1. The van der Waals surface area contributed by atoms with Crippen molar-refractivity contribution in [2.45, 2.75) is 56.9 Å². The van der Waals surface area contributed by atoms with Gasteiger partial charge in [0.1, 0.15) is 0 Å². The van der Waals surface area contributed by atoms with Gasteiger partial charge in [-0.15, -0.1) is 0 Å². The van der Waals surface area contributed by atoms with E-state index in [1.165, 1.54) is 0 Å². The summed E-state index contributed by atoms with van der Waals surface area (Å²) in [5, 5.41) is 3.00. The van der Waals surface area contributed by atoms with Gasteiger partial charge in [0.05, 0.1) is 16.9 Å². The summed E-state index contributed by atoms with van der Waals surface area (Å²) >= 11 is 0. The molecule has 0 saturated carbocycles. The van der Waals surface area contributed by atoms with Crippen LogP contribution in [0, 0.1) is 5.92 Å². The highest BCUT2D eigenvalue weighted by molar-refractivity contribution is 7.89. The number of nitrogens with zero attached hydrogens (tertiary/aromatic N) is 1. The molecule has 1 amide bonds. The molecule has 1 atom stereocenters. The van der Waals surface area contributed by atoms with Gasteiger partial charge < -0.3 is 11.1 Å². The SMILES string of the molecule is CC(C)C(C)(CN)NC(=O)Cc1ccc(S(=O)(=O)N2CCCCC2)cc1. The molecule has 6 nitrogen and oxygen atoms in total. The predicted octanol–water partition coefficient (Wildman–Crippen LogP) is 1.89. The second-order valence-electron chi connectivity index (χ2n) is 7.61. The molecular weight excluding hydrogens is 350 g/mol. The Balaban J connectivity index is 2.04. The van der Waals surface area contributed by atoms with E-state index in [2.05, 4.69) is 5.32 Å². The molecule has 2 rings (SSSR count). The molecule has 0 bridgehead atoms. The lowest BCUT2D eigenvalue weighted by atomic mass is 9.88. The maximum absolute atomic E-state index is 12.7. The third-order valence-corrected chi connectivity index (χ3v) is 7.28. The molecule has 1 fully saturated rings. The highest BCUT2D eigenvalue weighted by Gasteiger charge is 2.29. The minimum absolute atomic E-state index is 0.113. The lowest BCUT2D eigenvalue weighted by Crippen LogP contribution is -2.55. The van der Waals surface area contributed by atoms with E-state index < -0.39 is 15.6 Å². The molecule has 1 aliphatic heterocycles. The summed E-state index contributed by atoms with van der Waals surface area (Å²) in [4.78, 5) is 12.6. The largest absolute Gasteiger partial charge is 0.349 e. The quantitative estimate of drug-likeness (QED) is 0.754. The fraction of sp³-hybridized carbons (Fsp3) is 0.632. The Bertz CT molecular complexity index is 710. The van der Waals surface area contributed by atoms with Gasteiger partial charge >= 0.3 is 0 Å². The lowest BCUT2D eigenvalue weighted by Gasteiger charge is -2.33. The molecule has 1 heterocycles. The van der Waals surface area contributed by atoms with Crippen LogP contribution in [-0.2, 0) is 21.2 Å².